The van der Waals surface area contributed by atoms with E-state index in [-0.39, 0.29) is 11.3 Å². The van der Waals surface area contributed by atoms with Crippen LogP contribution >= 0.6 is 0 Å². The van der Waals surface area contributed by atoms with Gasteiger partial charge in [0.15, 0.2) is 0 Å². The molecule has 0 aromatic heterocycles. The number of rotatable bonds is 4. The number of carboxylic acid groups (broad SMARTS) is 1. The van der Waals surface area contributed by atoms with E-state index in [0.29, 0.717) is 12.2 Å². The number of aryl methyl sites for hydroxylation is 1. The maximum absolute atomic E-state index is 10.9. The molecular formula is C10H11NO4. The van der Waals surface area contributed by atoms with Crippen molar-refractivity contribution in [2.45, 2.75) is 6.92 Å². The molecule has 1 rings (SSSR count). The van der Waals surface area contributed by atoms with E-state index in [2.05, 4.69) is 5.32 Å². The molecule has 0 fully saturated rings. The van der Waals surface area contributed by atoms with Gasteiger partial charge in [0.05, 0.1) is 18.4 Å². The number of methoxy groups -OCH3 is 1. The lowest BCUT2D eigenvalue weighted by atomic mass is 10.1. The molecule has 15 heavy (non-hydrogen) atoms. The summed E-state index contributed by atoms with van der Waals surface area (Å²) in [5, 5.41) is 11.2. The van der Waals surface area contributed by atoms with Gasteiger partial charge in [-0.3, -0.25) is 4.79 Å². The number of benzene rings is 1. The molecule has 0 saturated carbocycles. The number of hydrogen-bond acceptors (Lipinski definition) is 3. The number of carbonyl (C=O) groups is 2. The molecule has 0 radical (unpaired) electrons. The summed E-state index contributed by atoms with van der Waals surface area (Å²) in [6, 6.07) is 2.93. The van der Waals surface area contributed by atoms with Gasteiger partial charge < -0.3 is 15.2 Å². The number of carboxylic acids is 1. The Bertz CT molecular complexity index is 401. The van der Waals surface area contributed by atoms with Crippen LogP contribution in [0.1, 0.15) is 15.9 Å². The van der Waals surface area contributed by atoms with Gasteiger partial charge in [-0.2, -0.15) is 0 Å². The third kappa shape index (κ3) is 2.25. The molecule has 1 amide bonds. The highest BCUT2D eigenvalue weighted by Crippen LogP contribution is 2.26. The number of aromatic carboxylic acids is 1. The average molecular weight is 209 g/mol. The van der Waals surface area contributed by atoms with E-state index in [1.165, 1.54) is 13.2 Å². The van der Waals surface area contributed by atoms with Crippen LogP contribution in [0.15, 0.2) is 12.1 Å². The summed E-state index contributed by atoms with van der Waals surface area (Å²) in [6.07, 6.45) is 0.438. The Labute approximate surface area is 86.7 Å². The predicted molar refractivity (Wildman–Crippen MR) is 54.4 cm³/mol. The molecular weight excluding hydrogens is 198 g/mol. The van der Waals surface area contributed by atoms with Crippen molar-refractivity contribution in [3.8, 4) is 5.75 Å². The Morgan fingerprint density at radius 1 is 1.53 bits per heavy atom. The Balaban J connectivity index is 3.31. The molecule has 5 nitrogen and oxygen atoms in total. The van der Waals surface area contributed by atoms with Crippen molar-refractivity contribution < 1.29 is 19.4 Å². The summed E-state index contributed by atoms with van der Waals surface area (Å²) >= 11 is 0. The van der Waals surface area contributed by atoms with Crippen molar-refractivity contribution in [3.05, 3.63) is 23.3 Å². The van der Waals surface area contributed by atoms with E-state index >= 15 is 0 Å². The second-order valence-electron chi connectivity index (χ2n) is 2.93. The lowest BCUT2D eigenvalue weighted by Crippen LogP contribution is -2.06. The van der Waals surface area contributed by atoms with E-state index in [1.54, 1.807) is 13.0 Å². The number of amides is 1. The molecule has 80 valence electrons. The minimum Gasteiger partial charge on any atom is -0.496 e. The molecule has 0 bridgehead atoms. The van der Waals surface area contributed by atoms with Crippen LogP contribution in [0.3, 0.4) is 0 Å². The number of anilines is 1. The van der Waals surface area contributed by atoms with Crippen LogP contribution in [0.25, 0.3) is 0 Å². The van der Waals surface area contributed by atoms with Gasteiger partial charge in [0, 0.05) is 0 Å². The van der Waals surface area contributed by atoms with Crippen molar-refractivity contribution in [2.24, 2.45) is 0 Å². The highest BCUT2D eigenvalue weighted by Gasteiger charge is 2.13. The second kappa shape index (κ2) is 4.45. The van der Waals surface area contributed by atoms with E-state index < -0.39 is 5.97 Å². The first-order valence-corrected chi connectivity index (χ1v) is 4.22. The maximum Gasteiger partial charge on any atom is 0.337 e. The lowest BCUT2D eigenvalue weighted by molar-refractivity contribution is -0.105. The Morgan fingerprint density at radius 3 is 2.67 bits per heavy atom. The van der Waals surface area contributed by atoms with E-state index in [1.807, 2.05) is 0 Å². The first-order valence-electron chi connectivity index (χ1n) is 4.22. The largest absolute Gasteiger partial charge is 0.496 e. The molecule has 0 unspecified atom stereocenters. The van der Waals surface area contributed by atoms with Gasteiger partial charge in [-0.25, -0.2) is 4.79 Å². The van der Waals surface area contributed by atoms with Crippen LogP contribution in [0.2, 0.25) is 0 Å². The van der Waals surface area contributed by atoms with Gasteiger partial charge in [0.2, 0.25) is 6.41 Å². The summed E-state index contributed by atoms with van der Waals surface area (Å²) in [5.74, 6) is -0.638. The van der Waals surface area contributed by atoms with Crippen LogP contribution in [0.4, 0.5) is 5.69 Å². The SMILES string of the molecule is COc1cc(C(=O)O)c(NC=O)cc1C. The Kier molecular flexibility index (Phi) is 3.28. The van der Waals surface area contributed by atoms with Crippen molar-refractivity contribution in [2.75, 3.05) is 12.4 Å². The highest BCUT2D eigenvalue weighted by molar-refractivity contribution is 5.97. The van der Waals surface area contributed by atoms with Crippen LogP contribution in [-0.4, -0.2) is 24.6 Å². The van der Waals surface area contributed by atoms with Crippen molar-refractivity contribution in [1.82, 2.24) is 0 Å². The fourth-order valence-corrected chi connectivity index (χ4v) is 1.27. The number of nitrogens with one attached hydrogen (secondary N) is 1. The van der Waals surface area contributed by atoms with Gasteiger partial charge in [-0.15, -0.1) is 0 Å². The summed E-state index contributed by atoms with van der Waals surface area (Å²) < 4.78 is 4.99. The van der Waals surface area contributed by atoms with Crippen LogP contribution < -0.4 is 10.1 Å². The van der Waals surface area contributed by atoms with Crippen LogP contribution in [-0.2, 0) is 4.79 Å². The first-order chi connectivity index (χ1) is 7.10. The molecule has 0 aliphatic rings. The second-order valence-corrected chi connectivity index (χ2v) is 2.93. The Hall–Kier alpha value is -2.04. The van der Waals surface area contributed by atoms with Crippen LogP contribution in [0.5, 0.6) is 5.75 Å². The lowest BCUT2D eigenvalue weighted by Gasteiger charge is -2.10. The molecule has 0 atom stereocenters. The molecule has 0 heterocycles. The van der Waals surface area contributed by atoms with Crippen molar-refractivity contribution in [3.63, 3.8) is 0 Å². The van der Waals surface area contributed by atoms with Gasteiger partial charge in [-0.05, 0) is 24.6 Å². The minimum atomic E-state index is -1.11. The standard InChI is InChI=1S/C10H11NO4/c1-6-3-8(11-5-12)7(10(13)14)4-9(6)15-2/h3-5H,1-2H3,(H,11,12)(H,13,14). The summed E-state index contributed by atoms with van der Waals surface area (Å²) in [7, 11) is 1.46. The van der Waals surface area contributed by atoms with Crippen LogP contribution in [0, 0.1) is 6.92 Å². The fourth-order valence-electron chi connectivity index (χ4n) is 1.27. The fraction of sp³-hybridized carbons (Fsp3) is 0.200. The normalized spacial score (nSPS) is 9.47. The zero-order valence-electron chi connectivity index (χ0n) is 8.40. The zero-order chi connectivity index (χ0) is 11.4. The van der Waals surface area contributed by atoms with Gasteiger partial charge in [-0.1, -0.05) is 0 Å². The molecule has 2 N–H and O–H groups in total. The van der Waals surface area contributed by atoms with E-state index in [4.69, 9.17) is 9.84 Å². The van der Waals surface area contributed by atoms with Gasteiger partial charge in [0.1, 0.15) is 5.75 Å². The first kappa shape index (κ1) is 11.0. The highest BCUT2D eigenvalue weighted by atomic mass is 16.5. The van der Waals surface area contributed by atoms with Gasteiger partial charge in [0.25, 0.3) is 0 Å². The van der Waals surface area contributed by atoms with Gasteiger partial charge >= 0.3 is 5.97 Å². The summed E-state index contributed by atoms with van der Waals surface area (Å²) in [4.78, 5) is 21.1. The maximum atomic E-state index is 10.9. The number of hydrogen-bond donors (Lipinski definition) is 2. The summed E-state index contributed by atoms with van der Waals surface area (Å²) in [5.41, 5.74) is 1.02. The third-order valence-electron chi connectivity index (χ3n) is 1.98. The molecule has 0 spiro atoms. The molecule has 0 aliphatic carbocycles. The molecule has 0 saturated heterocycles. The van der Waals surface area contributed by atoms with E-state index in [9.17, 15) is 9.59 Å². The quantitative estimate of drug-likeness (QED) is 0.732. The topological polar surface area (TPSA) is 75.6 Å². The monoisotopic (exact) mass is 209 g/mol. The Morgan fingerprint density at radius 2 is 2.20 bits per heavy atom. The third-order valence-corrected chi connectivity index (χ3v) is 1.98. The van der Waals surface area contributed by atoms with Crippen molar-refractivity contribution in [1.29, 1.82) is 0 Å². The molecule has 1 aromatic rings. The molecule has 0 aliphatic heterocycles. The van der Waals surface area contributed by atoms with E-state index in [0.717, 1.165) is 5.56 Å². The predicted octanol–water partition coefficient (Wildman–Crippen LogP) is 1.27. The average Bonchev–Trinajstić information content (AvgIpc) is 2.18. The smallest absolute Gasteiger partial charge is 0.337 e. The van der Waals surface area contributed by atoms with Crippen molar-refractivity contribution >= 4 is 18.1 Å². The zero-order valence-corrected chi connectivity index (χ0v) is 8.40. The number of carbonyl (C=O) groups excluding carboxylic acids is 1. The molecule has 1 aromatic carbocycles. The minimum absolute atomic E-state index is 0.00421. The number of ether oxygens (including phenoxy) is 1. The molecule has 5 heteroatoms. The summed E-state index contributed by atoms with van der Waals surface area (Å²) in [6.45, 7) is 1.76.